The highest BCUT2D eigenvalue weighted by Crippen LogP contribution is 2.18. The molecule has 18 heavy (non-hydrogen) atoms. The maximum atomic E-state index is 10.7. The van der Waals surface area contributed by atoms with Gasteiger partial charge in [0.25, 0.3) is 5.69 Å². The van der Waals surface area contributed by atoms with E-state index in [9.17, 15) is 14.9 Å². The summed E-state index contributed by atoms with van der Waals surface area (Å²) in [7, 11) is 0. The molecule has 0 saturated carbocycles. The van der Waals surface area contributed by atoms with Crippen molar-refractivity contribution in [3.63, 3.8) is 0 Å². The van der Waals surface area contributed by atoms with Gasteiger partial charge in [-0.25, -0.2) is 0 Å². The number of rotatable bonds is 5. The minimum Gasteiger partial charge on any atom is -0.288 e. The third kappa shape index (κ3) is 4.71. The van der Waals surface area contributed by atoms with Crippen LogP contribution in [0.2, 0.25) is 0 Å². The van der Waals surface area contributed by atoms with Crippen molar-refractivity contribution < 1.29 is 9.72 Å². The maximum Gasteiger partial charge on any atom is 0.270 e. The van der Waals surface area contributed by atoms with Gasteiger partial charge in [-0.05, 0) is 24.5 Å². The van der Waals surface area contributed by atoms with Crippen molar-refractivity contribution >= 4 is 28.6 Å². The first-order valence-corrected chi connectivity index (χ1v) is 6.54. The van der Waals surface area contributed by atoms with Gasteiger partial charge in [-0.2, -0.15) is 0 Å². The van der Waals surface area contributed by atoms with Crippen molar-refractivity contribution in [2.75, 3.05) is 5.75 Å². The van der Waals surface area contributed by atoms with Crippen LogP contribution in [0.3, 0.4) is 0 Å². The van der Waals surface area contributed by atoms with Crippen LogP contribution in [-0.4, -0.2) is 15.8 Å². The molecule has 0 amide bonds. The van der Waals surface area contributed by atoms with Gasteiger partial charge in [0, 0.05) is 24.8 Å². The number of non-ortho nitro benzene ring substituents is 1. The zero-order chi connectivity index (χ0) is 13.5. The molecule has 0 unspecified atom stereocenters. The van der Waals surface area contributed by atoms with E-state index in [4.69, 9.17) is 0 Å². The summed E-state index contributed by atoms with van der Waals surface area (Å²) >= 11 is 1.28. The lowest BCUT2D eigenvalue weighted by Gasteiger charge is -2.00. The van der Waals surface area contributed by atoms with E-state index < -0.39 is 4.92 Å². The normalized spacial score (nSPS) is 10.8. The monoisotopic (exact) mass is 265 g/mol. The van der Waals surface area contributed by atoms with Crippen LogP contribution in [0.4, 0.5) is 5.69 Å². The van der Waals surface area contributed by atoms with E-state index in [0.29, 0.717) is 0 Å². The molecular formula is C13H15NO3S. The number of carbonyl (C=O) groups is 1. The van der Waals surface area contributed by atoms with Crippen LogP contribution < -0.4 is 0 Å². The summed E-state index contributed by atoms with van der Waals surface area (Å²) < 4.78 is 0. The van der Waals surface area contributed by atoms with E-state index in [1.165, 1.54) is 17.8 Å². The van der Waals surface area contributed by atoms with Gasteiger partial charge in [-0.15, -0.1) is 0 Å². The number of nitro groups is 1. The highest BCUT2D eigenvalue weighted by molar-refractivity contribution is 8.13. The van der Waals surface area contributed by atoms with Crippen molar-refractivity contribution in [1.82, 2.24) is 0 Å². The van der Waals surface area contributed by atoms with Crippen LogP contribution in [0, 0.1) is 17.0 Å². The number of hydrogen-bond donors (Lipinski definition) is 0. The Kier molecular flexibility index (Phi) is 5.58. The number of nitrogens with zero attached hydrogens (tertiary/aromatic N) is 1. The average molecular weight is 265 g/mol. The SMILES string of the molecule is CC(=O)SCCC=Cc1cc([N+](=O)[O-])ccc1C. The highest BCUT2D eigenvalue weighted by Gasteiger charge is 2.06. The van der Waals surface area contributed by atoms with E-state index in [1.54, 1.807) is 19.1 Å². The molecule has 0 aliphatic rings. The molecule has 4 nitrogen and oxygen atoms in total. The summed E-state index contributed by atoms with van der Waals surface area (Å²) in [6.07, 6.45) is 4.57. The van der Waals surface area contributed by atoms with Gasteiger partial charge in [-0.1, -0.05) is 30.0 Å². The fourth-order valence-electron chi connectivity index (χ4n) is 1.40. The second-order valence-electron chi connectivity index (χ2n) is 3.83. The lowest BCUT2D eigenvalue weighted by Crippen LogP contribution is -1.90. The lowest BCUT2D eigenvalue weighted by molar-refractivity contribution is -0.384. The third-order valence-electron chi connectivity index (χ3n) is 2.36. The standard InChI is InChI=1S/C13H15NO3S/c1-10-6-7-13(14(16)17)9-12(10)5-3-4-8-18-11(2)15/h3,5-7,9H,4,8H2,1-2H3. The Labute approximate surface area is 110 Å². The van der Waals surface area contributed by atoms with Crippen molar-refractivity contribution in [1.29, 1.82) is 0 Å². The largest absolute Gasteiger partial charge is 0.288 e. The molecule has 1 rings (SSSR count). The number of carbonyl (C=O) groups excluding carboxylic acids is 1. The fraction of sp³-hybridized carbons (Fsp3) is 0.308. The topological polar surface area (TPSA) is 60.2 Å². The average Bonchev–Trinajstić information content (AvgIpc) is 2.30. The van der Waals surface area contributed by atoms with E-state index in [-0.39, 0.29) is 10.8 Å². The minimum atomic E-state index is -0.400. The van der Waals surface area contributed by atoms with E-state index in [1.807, 2.05) is 19.1 Å². The predicted octanol–water partition coefficient (Wildman–Crippen LogP) is 3.59. The number of thioether (sulfide) groups is 1. The summed E-state index contributed by atoms with van der Waals surface area (Å²) in [5.74, 6) is 0.736. The van der Waals surface area contributed by atoms with Crippen LogP contribution in [0.1, 0.15) is 24.5 Å². The maximum absolute atomic E-state index is 10.7. The van der Waals surface area contributed by atoms with Gasteiger partial charge in [0.2, 0.25) is 0 Å². The molecule has 0 N–H and O–H groups in total. The van der Waals surface area contributed by atoms with Gasteiger partial charge < -0.3 is 0 Å². The Hall–Kier alpha value is -1.62. The summed E-state index contributed by atoms with van der Waals surface area (Å²) in [4.78, 5) is 21.0. The van der Waals surface area contributed by atoms with Gasteiger partial charge >= 0.3 is 0 Å². The van der Waals surface area contributed by atoms with E-state index in [2.05, 4.69) is 0 Å². The molecule has 96 valence electrons. The molecule has 1 aromatic carbocycles. The van der Waals surface area contributed by atoms with Crippen LogP contribution in [0.15, 0.2) is 24.3 Å². The molecule has 0 radical (unpaired) electrons. The second kappa shape index (κ2) is 6.96. The highest BCUT2D eigenvalue weighted by atomic mass is 32.2. The lowest BCUT2D eigenvalue weighted by atomic mass is 10.1. The number of benzene rings is 1. The number of allylic oxidation sites excluding steroid dienone is 1. The minimum absolute atomic E-state index is 0.0957. The Bertz CT molecular complexity index is 483. The number of hydrogen-bond acceptors (Lipinski definition) is 4. The molecule has 0 atom stereocenters. The molecule has 0 aliphatic carbocycles. The molecule has 0 spiro atoms. The van der Waals surface area contributed by atoms with E-state index >= 15 is 0 Å². The molecule has 0 aromatic heterocycles. The van der Waals surface area contributed by atoms with Crippen LogP contribution in [-0.2, 0) is 4.79 Å². The molecule has 5 heteroatoms. The summed E-state index contributed by atoms with van der Waals surface area (Å²) in [6, 6.07) is 4.80. The zero-order valence-corrected chi connectivity index (χ0v) is 11.2. The van der Waals surface area contributed by atoms with Gasteiger partial charge in [0.1, 0.15) is 0 Å². The molecular weight excluding hydrogens is 250 g/mol. The summed E-state index contributed by atoms with van der Waals surface area (Å²) in [5, 5.41) is 10.8. The third-order valence-corrected chi connectivity index (χ3v) is 3.21. The van der Waals surface area contributed by atoms with Gasteiger partial charge in [0.05, 0.1) is 4.92 Å². The number of aryl methyl sites for hydroxylation is 1. The van der Waals surface area contributed by atoms with Crippen molar-refractivity contribution in [2.24, 2.45) is 0 Å². The number of nitro benzene ring substituents is 1. The summed E-state index contributed by atoms with van der Waals surface area (Å²) in [5.41, 5.74) is 1.94. The van der Waals surface area contributed by atoms with Crippen molar-refractivity contribution in [2.45, 2.75) is 20.3 Å². The Morgan fingerprint density at radius 3 is 2.83 bits per heavy atom. The Balaban J connectivity index is 2.65. The predicted molar refractivity (Wildman–Crippen MR) is 74.6 cm³/mol. The molecule has 0 heterocycles. The first-order valence-electron chi connectivity index (χ1n) is 5.55. The Morgan fingerprint density at radius 1 is 1.50 bits per heavy atom. The van der Waals surface area contributed by atoms with Gasteiger partial charge in [0.15, 0.2) is 5.12 Å². The van der Waals surface area contributed by atoms with Gasteiger partial charge in [-0.3, -0.25) is 14.9 Å². The van der Waals surface area contributed by atoms with Crippen LogP contribution >= 0.6 is 11.8 Å². The first kappa shape index (κ1) is 14.4. The van der Waals surface area contributed by atoms with Crippen LogP contribution in [0.25, 0.3) is 6.08 Å². The fourth-order valence-corrected chi connectivity index (χ4v) is 1.94. The molecule has 0 bridgehead atoms. The smallest absolute Gasteiger partial charge is 0.270 e. The quantitative estimate of drug-likeness (QED) is 0.464. The Morgan fingerprint density at radius 2 is 2.22 bits per heavy atom. The first-order chi connectivity index (χ1) is 8.50. The molecule has 1 aromatic rings. The van der Waals surface area contributed by atoms with Crippen molar-refractivity contribution in [3.8, 4) is 0 Å². The van der Waals surface area contributed by atoms with E-state index in [0.717, 1.165) is 23.3 Å². The molecule has 0 saturated heterocycles. The second-order valence-corrected chi connectivity index (χ2v) is 5.10. The molecule has 0 aliphatic heterocycles. The van der Waals surface area contributed by atoms with Crippen LogP contribution in [0.5, 0.6) is 0 Å². The molecule has 0 fully saturated rings. The summed E-state index contributed by atoms with van der Waals surface area (Å²) in [6.45, 7) is 3.45. The zero-order valence-electron chi connectivity index (χ0n) is 10.4. The van der Waals surface area contributed by atoms with Crippen molar-refractivity contribution in [3.05, 3.63) is 45.5 Å².